The molecule has 1 aliphatic rings. The highest BCUT2D eigenvalue weighted by molar-refractivity contribution is 7.33. The third-order valence-electron chi connectivity index (χ3n) is 8.92. The van der Waals surface area contributed by atoms with E-state index < -0.39 is 43.9 Å². The first-order valence-electron chi connectivity index (χ1n) is 16.6. The average Bonchev–Trinajstić information content (AvgIpc) is 3.60. The molecule has 4 atom stereocenters. The number of aromatic nitrogens is 2. The maximum absolute atomic E-state index is 13.3. The van der Waals surface area contributed by atoms with Gasteiger partial charge in [0.25, 0.3) is 5.91 Å². The summed E-state index contributed by atoms with van der Waals surface area (Å²) in [6.07, 6.45) is -0.877. The van der Waals surface area contributed by atoms with Crippen LogP contribution in [0.3, 0.4) is 0 Å². The Hall–Kier alpha value is -5.43. The van der Waals surface area contributed by atoms with Crippen LogP contribution in [0, 0.1) is 0 Å². The average molecular weight is 741 g/mol. The number of hydrogen-bond donors (Lipinski definition) is 1. The Morgan fingerprint density at radius 2 is 1.36 bits per heavy atom. The van der Waals surface area contributed by atoms with Crippen LogP contribution in [0.15, 0.2) is 120 Å². The number of carbonyl (C=O) groups is 1. The van der Waals surface area contributed by atoms with E-state index in [1.807, 2.05) is 78.9 Å². The lowest BCUT2D eigenvalue weighted by Gasteiger charge is -2.37. The summed E-state index contributed by atoms with van der Waals surface area (Å²) in [4.78, 5) is 30.2. The zero-order chi connectivity index (χ0) is 37.4. The van der Waals surface area contributed by atoms with E-state index in [0.717, 1.165) is 16.7 Å². The lowest BCUT2D eigenvalue weighted by Crippen LogP contribution is -2.38. The fourth-order valence-corrected chi connectivity index (χ4v) is 6.73. The van der Waals surface area contributed by atoms with E-state index in [-0.39, 0.29) is 18.8 Å². The van der Waals surface area contributed by atoms with Gasteiger partial charge >= 0.3 is 13.9 Å². The van der Waals surface area contributed by atoms with Crippen molar-refractivity contribution in [2.24, 2.45) is 0 Å². The molecule has 2 heterocycles. The van der Waals surface area contributed by atoms with Crippen LogP contribution in [0.1, 0.15) is 39.7 Å². The van der Waals surface area contributed by atoms with E-state index in [9.17, 15) is 14.2 Å². The lowest BCUT2D eigenvalue weighted by molar-refractivity contribution is -0.0918. The van der Waals surface area contributed by atoms with Crippen LogP contribution in [-0.2, 0) is 28.7 Å². The Morgan fingerprint density at radius 1 is 0.811 bits per heavy atom. The van der Waals surface area contributed by atoms with Crippen LogP contribution >= 0.6 is 8.25 Å². The van der Waals surface area contributed by atoms with Gasteiger partial charge in [0.15, 0.2) is 0 Å². The maximum atomic E-state index is 13.3. The number of methoxy groups -OCH3 is 3. The van der Waals surface area contributed by atoms with Gasteiger partial charge in [0.2, 0.25) is 0 Å². The van der Waals surface area contributed by atoms with Crippen molar-refractivity contribution >= 4 is 20.0 Å². The van der Waals surface area contributed by atoms with Crippen LogP contribution < -0.4 is 25.2 Å². The molecule has 14 heteroatoms. The molecule has 5 aromatic rings. The first-order valence-corrected chi connectivity index (χ1v) is 17.7. The molecule has 1 fully saturated rings. The summed E-state index contributed by atoms with van der Waals surface area (Å²) in [5, 5.41) is 2.64. The predicted octanol–water partition coefficient (Wildman–Crippen LogP) is 6.51. The minimum atomic E-state index is -2.51. The monoisotopic (exact) mass is 740 g/mol. The van der Waals surface area contributed by atoms with Crippen molar-refractivity contribution < 1.29 is 42.1 Å². The highest BCUT2D eigenvalue weighted by Gasteiger charge is 2.46. The van der Waals surface area contributed by atoms with Gasteiger partial charge in [-0.15, -0.1) is 9.05 Å². The van der Waals surface area contributed by atoms with Gasteiger partial charge in [-0.3, -0.25) is 9.36 Å². The van der Waals surface area contributed by atoms with Gasteiger partial charge in [-0.2, -0.15) is 4.98 Å². The van der Waals surface area contributed by atoms with Gasteiger partial charge < -0.3 is 29.0 Å². The molecule has 1 aliphatic heterocycles. The van der Waals surface area contributed by atoms with Gasteiger partial charge in [0.1, 0.15) is 47.1 Å². The molecule has 1 aromatic heterocycles. The van der Waals surface area contributed by atoms with Gasteiger partial charge in [-0.05, 0) is 71.3 Å². The summed E-state index contributed by atoms with van der Waals surface area (Å²) < 4.78 is 54.1. The molecular formula is C39H39N3O10P+. The minimum absolute atomic E-state index is 0.0564. The Morgan fingerprint density at radius 3 is 1.89 bits per heavy atom. The highest BCUT2D eigenvalue weighted by atomic mass is 31.1. The third-order valence-corrected chi connectivity index (χ3v) is 9.66. The number of benzene rings is 4. The van der Waals surface area contributed by atoms with Crippen LogP contribution in [0.5, 0.6) is 17.2 Å². The van der Waals surface area contributed by atoms with E-state index in [2.05, 4.69) is 10.3 Å². The lowest BCUT2D eigenvalue weighted by atomic mass is 9.80. The first-order chi connectivity index (χ1) is 25.8. The van der Waals surface area contributed by atoms with Crippen LogP contribution in [0.2, 0.25) is 0 Å². The second kappa shape index (κ2) is 16.9. The van der Waals surface area contributed by atoms with Crippen LogP contribution in [-0.4, -0.2) is 62.7 Å². The second-order valence-corrected chi connectivity index (χ2v) is 12.9. The molecule has 6 rings (SSSR count). The standard InChI is InChI=1S/C39H38N3O10P/c1-46-30-16-10-26(11-17-30)37(43)40-35-22-23-42(38(44)41-35)36-24-33(52-53(45)49-4)34(51-36)25-50-39(27-8-6-5-7-9-27,28-12-18-31(47-2)19-13-28)29-14-20-32(48-3)21-15-29/h5-23,33-34,36H,24-25H2,1-4H3/p+1/t33-,34+,36+/m0/s1. The molecule has 0 aliphatic carbocycles. The number of amides is 1. The van der Waals surface area contributed by atoms with Crippen LogP contribution in [0.4, 0.5) is 5.82 Å². The molecule has 13 nitrogen and oxygen atoms in total. The predicted molar refractivity (Wildman–Crippen MR) is 196 cm³/mol. The fourth-order valence-electron chi connectivity index (χ4n) is 6.20. The molecule has 0 radical (unpaired) electrons. The Kier molecular flexibility index (Phi) is 11.9. The summed E-state index contributed by atoms with van der Waals surface area (Å²) in [5.41, 5.74) is 0.959. The van der Waals surface area contributed by atoms with Crippen LogP contribution in [0.25, 0.3) is 0 Å². The second-order valence-electron chi connectivity index (χ2n) is 11.9. The smallest absolute Gasteiger partial charge is 0.497 e. The van der Waals surface area contributed by atoms with Crippen molar-refractivity contribution in [1.29, 1.82) is 0 Å². The Bertz CT molecular complexity index is 2010. The molecule has 1 N–H and O–H groups in total. The number of ether oxygens (including phenoxy) is 5. The van der Waals surface area contributed by atoms with Gasteiger partial charge in [0.05, 0.1) is 35.0 Å². The Balaban J connectivity index is 1.30. The van der Waals surface area contributed by atoms with E-state index in [4.69, 9.17) is 32.7 Å². The molecular weight excluding hydrogens is 701 g/mol. The Labute approximate surface area is 307 Å². The minimum Gasteiger partial charge on any atom is -0.497 e. The summed E-state index contributed by atoms with van der Waals surface area (Å²) in [6, 6.07) is 32.9. The molecule has 0 bridgehead atoms. The van der Waals surface area contributed by atoms with E-state index >= 15 is 0 Å². The zero-order valence-corrected chi connectivity index (χ0v) is 30.4. The van der Waals surface area contributed by atoms with E-state index in [1.54, 1.807) is 38.5 Å². The quantitative estimate of drug-likeness (QED) is 0.0927. The van der Waals surface area contributed by atoms with Crippen molar-refractivity contribution in [2.45, 2.75) is 30.5 Å². The number of anilines is 1. The summed E-state index contributed by atoms with van der Waals surface area (Å²) in [5.74, 6) is 1.57. The molecule has 1 amide bonds. The topological polar surface area (TPSA) is 146 Å². The summed E-state index contributed by atoms with van der Waals surface area (Å²) >= 11 is 0. The number of nitrogens with zero attached hydrogens (tertiary/aromatic N) is 2. The van der Waals surface area contributed by atoms with Crippen molar-refractivity contribution in [1.82, 2.24) is 9.55 Å². The van der Waals surface area contributed by atoms with Crippen molar-refractivity contribution in [2.75, 3.05) is 40.4 Å². The summed E-state index contributed by atoms with van der Waals surface area (Å²) in [7, 11) is 3.51. The fraction of sp³-hybridized carbons (Fsp3) is 0.256. The van der Waals surface area contributed by atoms with Gasteiger partial charge in [-0.1, -0.05) is 54.6 Å². The largest absolute Gasteiger partial charge is 0.697 e. The third kappa shape index (κ3) is 8.30. The number of nitrogens with one attached hydrogen (secondary N) is 1. The summed E-state index contributed by atoms with van der Waals surface area (Å²) in [6.45, 7) is -0.0564. The van der Waals surface area contributed by atoms with Gasteiger partial charge in [0, 0.05) is 22.7 Å². The SMILES string of the molecule is COc1ccc(C(=O)Nc2ccn([C@H]3C[C@H](O[P+](=O)OC)[C@@H](COC(c4ccccc4)(c4ccc(OC)cc4)c4ccc(OC)cc4)O3)c(=O)n2)cc1. The number of rotatable bonds is 15. The van der Waals surface area contributed by atoms with Crippen molar-refractivity contribution in [3.05, 3.63) is 148 Å². The van der Waals surface area contributed by atoms with E-state index in [0.29, 0.717) is 22.8 Å². The van der Waals surface area contributed by atoms with Crippen molar-refractivity contribution in [3.8, 4) is 17.2 Å². The number of hydrogen-bond acceptors (Lipinski definition) is 11. The molecule has 4 aromatic carbocycles. The molecule has 1 saturated heterocycles. The number of carbonyl (C=O) groups excluding carboxylic acids is 1. The molecule has 0 saturated carbocycles. The molecule has 274 valence electrons. The zero-order valence-electron chi connectivity index (χ0n) is 29.5. The normalized spacial score (nSPS) is 17.2. The molecule has 0 spiro atoms. The first kappa shape index (κ1) is 37.3. The highest BCUT2D eigenvalue weighted by Crippen LogP contribution is 2.44. The molecule has 1 unspecified atom stereocenters. The molecule has 53 heavy (non-hydrogen) atoms. The maximum Gasteiger partial charge on any atom is 0.697 e. The van der Waals surface area contributed by atoms with Crippen molar-refractivity contribution in [3.63, 3.8) is 0 Å². The van der Waals surface area contributed by atoms with Gasteiger partial charge in [-0.25, -0.2) is 4.79 Å². The van der Waals surface area contributed by atoms with E-state index in [1.165, 1.54) is 31.0 Å².